The van der Waals surface area contributed by atoms with E-state index in [0.29, 0.717) is 0 Å². The fourth-order valence-electron chi connectivity index (χ4n) is 6.14. The van der Waals surface area contributed by atoms with Crippen LogP contribution in [0.5, 0.6) is 0 Å². The SMILES string of the molecule is C[Si](C)c1ccc(-c2c3ccccc3c(-c3ccc(-c4ccccc4)cc3)c3ccccc23)c2ccccc12. The van der Waals surface area contributed by atoms with E-state index >= 15 is 0 Å². The van der Waals surface area contributed by atoms with Gasteiger partial charge < -0.3 is 0 Å². The lowest BCUT2D eigenvalue weighted by Crippen LogP contribution is -2.23. The monoisotopic (exact) mass is 513 g/mol. The first-order valence-corrected chi connectivity index (χ1v) is 16.1. The maximum absolute atomic E-state index is 2.38. The van der Waals surface area contributed by atoms with E-state index < -0.39 is 8.80 Å². The molecule has 0 nitrogen and oxygen atoms in total. The van der Waals surface area contributed by atoms with Crippen LogP contribution in [0.1, 0.15) is 0 Å². The van der Waals surface area contributed by atoms with Crippen LogP contribution in [-0.4, -0.2) is 8.80 Å². The van der Waals surface area contributed by atoms with Crippen LogP contribution in [0.25, 0.3) is 65.7 Å². The third kappa shape index (κ3) is 3.98. The molecule has 1 radical (unpaired) electrons. The zero-order chi connectivity index (χ0) is 26.3. The maximum atomic E-state index is 2.38. The fraction of sp³-hybridized carbons (Fsp3) is 0.0526. The van der Waals surface area contributed by atoms with E-state index in [-0.39, 0.29) is 0 Å². The minimum absolute atomic E-state index is 0.585. The van der Waals surface area contributed by atoms with Crippen LogP contribution in [0.15, 0.2) is 140 Å². The van der Waals surface area contributed by atoms with Crippen molar-refractivity contribution in [3.8, 4) is 33.4 Å². The summed E-state index contributed by atoms with van der Waals surface area (Å²) in [4.78, 5) is 0. The van der Waals surface area contributed by atoms with Crippen molar-refractivity contribution >= 4 is 46.3 Å². The highest BCUT2D eigenvalue weighted by Gasteiger charge is 2.19. The smallest absolute Gasteiger partial charge is 0.0671 e. The third-order valence-electron chi connectivity index (χ3n) is 7.94. The maximum Gasteiger partial charge on any atom is 0.0799 e. The second kappa shape index (κ2) is 9.69. The van der Waals surface area contributed by atoms with E-state index in [4.69, 9.17) is 0 Å². The number of rotatable bonds is 4. The Bertz CT molecular complexity index is 1910. The topological polar surface area (TPSA) is 0 Å². The number of hydrogen-bond donors (Lipinski definition) is 0. The highest BCUT2D eigenvalue weighted by molar-refractivity contribution is 6.73. The summed E-state index contributed by atoms with van der Waals surface area (Å²) in [5.41, 5.74) is 7.68. The van der Waals surface area contributed by atoms with Gasteiger partial charge in [-0.15, -0.1) is 0 Å². The largest absolute Gasteiger partial charge is 0.0799 e. The van der Waals surface area contributed by atoms with Crippen LogP contribution >= 0.6 is 0 Å². The summed E-state index contributed by atoms with van der Waals surface area (Å²) in [5.74, 6) is 0. The van der Waals surface area contributed by atoms with E-state index in [1.807, 2.05) is 0 Å². The summed E-state index contributed by atoms with van der Waals surface area (Å²) in [7, 11) is -0.585. The molecule has 0 amide bonds. The van der Waals surface area contributed by atoms with Gasteiger partial charge >= 0.3 is 0 Å². The molecule has 0 bridgehead atoms. The molecule has 0 aliphatic rings. The van der Waals surface area contributed by atoms with E-state index in [0.717, 1.165) is 0 Å². The molecule has 7 rings (SSSR count). The van der Waals surface area contributed by atoms with Crippen molar-refractivity contribution in [2.45, 2.75) is 13.1 Å². The van der Waals surface area contributed by atoms with Crippen molar-refractivity contribution in [3.63, 3.8) is 0 Å². The highest BCUT2D eigenvalue weighted by Crippen LogP contribution is 2.45. The average Bonchev–Trinajstić information content (AvgIpc) is 3.00. The van der Waals surface area contributed by atoms with Crippen molar-refractivity contribution in [2.75, 3.05) is 0 Å². The third-order valence-corrected chi connectivity index (χ3v) is 9.46. The predicted molar refractivity (Wildman–Crippen MR) is 172 cm³/mol. The van der Waals surface area contributed by atoms with Gasteiger partial charge in [0.2, 0.25) is 0 Å². The van der Waals surface area contributed by atoms with Crippen LogP contribution in [0.2, 0.25) is 13.1 Å². The summed E-state index contributed by atoms with van der Waals surface area (Å²) >= 11 is 0. The Balaban J connectivity index is 1.53. The second-order valence-electron chi connectivity index (χ2n) is 10.5. The van der Waals surface area contributed by atoms with Crippen molar-refractivity contribution in [1.82, 2.24) is 0 Å². The van der Waals surface area contributed by atoms with E-state index in [1.54, 1.807) is 0 Å². The highest BCUT2D eigenvalue weighted by atomic mass is 28.3. The Morgan fingerprint density at radius 3 is 1.33 bits per heavy atom. The predicted octanol–water partition coefficient (Wildman–Crippen LogP) is 10.1. The summed E-state index contributed by atoms with van der Waals surface area (Å²) in [5, 5.41) is 9.43. The molecule has 0 saturated carbocycles. The lowest BCUT2D eigenvalue weighted by molar-refractivity contribution is 1.61. The minimum Gasteiger partial charge on any atom is -0.0671 e. The first kappa shape index (κ1) is 23.6. The second-order valence-corrected chi connectivity index (χ2v) is 13.0. The molecule has 0 unspecified atom stereocenters. The lowest BCUT2D eigenvalue weighted by atomic mass is 9.84. The molecule has 0 N–H and O–H groups in total. The van der Waals surface area contributed by atoms with Crippen LogP contribution in [0.4, 0.5) is 0 Å². The fourth-order valence-corrected chi connectivity index (χ4v) is 7.32. The lowest BCUT2D eigenvalue weighted by Gasteiger charge is -2.20. The van der Waals surface area contributed by atoms with Gasteiger partial charge in [0, 0.05) is 0 Å². The van der Waals surface area contributed by atoms with E-state index in [9.17, 15) is 0 Å². The molecule has 0 aliphatic heterocycles. The Kier molecular flexibility index (Phi) is 5.87. The number of hydrogen-bond acceptors (Lipinski definition) is 0. The Morgan fingerprint density at radius 1 is 0.333 bits per heavy atom. The molecule has 0 heterocycles. The van der Waals surface area contributed by atoms with Crippen molar-refractivity contribution in [1.29, 1.82) is 0 Å². The van der Waals surface area contributed by atoms with Crippen LogP contribution in [0, 0.1) is 0 Å². The number of benzene rings is 7. The molecule has 0 aliphatic carbocycles. The average molecular weight is 514 g/mol. The quantitative estimate of drug-likeness (QED) is 0.162. The molecule has 185 valence electrons. The van der Waals surface area contributed by atoms with Gasteiger partial charge in [0.15, 0.2) is 0 Å². The molecule has 0 saturated heterocycles. The van der Waals surface area contributed by atoms with Crippen molar-refractivity contribution in [2.24, 2.45) is 0 Å². The molecule has 0 fully saturated rings. The Labute approximate surface area is 231 Å². The zero-order valence-electron chi connectivity index (χ0n) is 22.3. The van der Waals surface area contributed by atoms with Crippen LogP contribution < -0.4 is 5.19 Å². The summed E-state index contributed by atoms with van der Waals surface area (Å²) in [6.07, 6.45) is 0. The van der Waals surface area contributed by atoms with Crippen LogP contribution in [0.3, 0.4) is 0 Å². The standard InChI is InChI=1S/C38H29Si/c1-39(2)36-25-24-35(29-14-6-7-15-30(29)36)38-33-18-10-8-16-31(33)37(32-17-9-11-19-34(32)38)28-22-20-27(21-23-28)26-12-4-3-5-13-26/h3-25H,1-2H3. The van der Waals surface area contributed by atoms with Crippen molar-refractivity contribution < 1.29 is 0 Å². The summed E-state index contributed by atoms with van der Waals surface area (Å²) < 4.78 is 0. The Morgan fingerprint density at radius 2 is 0.769 bits per heavy atom. The Hall–Kier alpha value is -4.46. The molecule has 39 heavy (non-hydrogen) atoms. The first-order chi connectivity index (χ1) is 19.2. The van der Waals surface area contributed by atoms with Gasteiger partial charge in [-0.2, -0.15) is 0 Å². The van der Waals surface area contributed by atoms with Gasteiger partial charge in [0.1, 0.15) is 0 Å². The van der Waals surface area contributed by atoms with E-state index in [2.05, 4.69) is 153 Å². The summed E-state index contributed by atoms with van der Waals surface area (Å²) in [6.45, 7) is 4.77. The van der Waals surface area contributed by atoms with Gasteiger partial charge in [-0.1, -0.05) is 158 Å². The van der Waals surface area contributed by atoms with E-state index in [1.165, 1.54) is 70.9 Å². The zero-order valence-corrected chi connectivity index (χ0v) is 23.3. The molecular formula is C38H29Si. The molecule has 0 atom stereocenters. The van der Waals surface area contributed by atoms with Crippen molar-refractivity contribution in [3.05, 3.63) is 140 Å². The number of fused-ring (bicyclic) bond motifs is 3. The molecular weight excluding hydrogens is 485 g/mol. The van der Waals surface area contributed by atoms with Crippen LogP contribution in [-0.2, 0) is 0 Å². The molecule has 0 aromatic heterocycles. The normalized spacial score (nSPS) is 11.6. The molecule has 1 heteroatoms. The van der Waals surface area contributed by atoms with Gasteiger partial charge in [0.25, 0.3) is 0 Å². The van der Waals surface area contributed by atoms with Gasteiger partial charge in [-0.05, 0) is 65.7 Å². The summed E-state index contributed by atoms with van der Waals surface area (Å²) in [6, 6.07) is 51.3. The van der Waals surface area contributed by atoms with Gasteiger partial charge in [0.05, 0.1) is 8.80 Å². The minimum atomic E-state index is -0.585. The van der Waals surface area contributed by atoms with Gasteiger partial charge in [-0.3, -0.25) is 0 Å². The molecule has 7 aromatic carbocycles. The molecule has 7 aromatic rings. The van der Waals surface area contributed by atoms with Gasteiger partial charge in [-0.25, -0.2) is 0 Å². The molecule has 0 spiro atoms. The first-order valence-electron chi connectivity index (χ1n) is 13.6.